The zero-order valence-electron chi connectivity index (χ0n) is 10.3. The molecule has 0 aliphatic carbocycles. The smallest absolute Gasteiger partial charge is 0.0790 e. The van der Waals surface area contributed by atoms with E-state index in [9.17, 15) is 5.11 Å². The molecule has 0 heterocycles. The summed E-state index contributed by atoms with van der Waals surface area (Å²) >= 11 is 5.59. The van der Waals surface area contributed by atoms with E-state index in [4.69, 9.17) is 16.9 Å². The molecule has 1 atom stereocenters. The minimum absolute atomic E-state index is 0.465. The summed E-state index contributed by atoms with van der Waals surface area (Å²) in [7, 11) is 0. The van der Waals surface area contributed by atoms with Crippen molar-refractivity contribution >= 4 is 11.6 Å². The van der Waals surface area contributed by atoms with Gasteiger partial charge in [0.25, 0.3) is 0 Å². The fraction of sp³-hybridized carbons (Fsp3) is 0.500. The fourth-order valence-corrected chi connectivity index (χ4v) is 1.78. The Kier molecular flexibility index (Phi) is 4.99. The standard InChI is InChI=1S/C14H18ClNO/c1-14(2,10-16)12-7-5-11(6-8-12)13(17)4-3-9-15/h5-8,13,17H,3-4,9H2,1-2H3/t13-/m0/s1. The first-order valence-corrected chi connectivity index (χ1v) is 6.30. The van der Waals surface area contributed by atoms with Crippen LogP contribution < -0.4 is 0 Å². The lowest BCUT2D eigenvalue weighted by atomic mass is 9.85. The van der Waals surface area contributed by atoms with Crippen molar-refractivity contribution in [3.05, 3.63) is 35.4 Å². The van der Waals surface area contributed by atoms with Crippen molar-refractivity contribution in [3.63, 3.8) is 0 Å². The maximum Gasteiger partial charge on any atom is 0.0790 e. The Morgan fingerprint density at radius 2 is 1.94 bits per heavy atom. The van der Waals surface area contributed by atoms with Gasteiger partial charge in [-0.25, -0.2) is 0 Å². The summed E-state index contributed by atoms with van der Waals surface area (Å²) in [4.78, 5) is 0. The first-order valence-electron chi connectivity index (χ1n) is 5.77. The maximum atomic E-state index is 9.88. The molecule has 0 fully saturated rings. The van der Waals surface area contributed by atoms with Gasteiger partial charge in [0.15, 0.2) is 0 Å². The van der Waals surface area contributed by atoms with Crippen LogP contribution in [0.4, 0.5) is 0 Å². The number of hydrogen-bond acceptors (Lipinski definition) is 2. The van der Waals surface area contributed by atoms with Crippen LogP contribution >= 0.6 is 11.6 Å². The van der Waals surface area contributed by atoms with E-state index in [0.29, 0.717) is 12.3 Å². The molecule has 0 spiro atoms. The molecular weight excluding hydrogens is 234 g/mol. The molecule has 0 radical (unpaired) electrons. The number of nitriles is 1. The molecule has 0 unspecified atom stereocenters. The van der Waals surface area contributed by atoms with E-state index in [1.807, 2.05) is 38.1 Å². The van der Waals surface area contributed by atoms with E-state index >= 15 is 0 Å². The summed E-state index contributed by atoms with van der Waals surface area (Å²) in [6, 6.07) is 9.84. The molecule has 17 heavy (non-hydrogen) atoms. The summed E-state index contributed by atoms with van der Waals surface area (Å²) in [6.07, 6.45) is 1.01. The van der Waals surface area contributed by atoms with Crippen molar-refractivity contribution in [2.75, 3.05) is 5.88 Å². The van der Waals surface area contributed by atoms with Crippen molar-refractivity contribution in [2.45, 2.75) is 38.2 Å². The third-order valence-electron chi connectivity index (χ3n) is 2.91. The van der Waals surface area contributed by atoms with Crippen LogP contribution in [0.5, 0.6) is 0 Å². The number of benzene rings is 1. The Morgan fingerprint density at radius 3 is 2.41 bits per heavy atom. The molecule has 2 nitrogen and oxygen atoms in total. The molecule has 1 aromatic carbocycles. The van der Waals surface area contributed by atoms with Crippen LogP contribution in [0.3, 0.4) is 0 Å². The van der Waals surface area contributed by atoms with E-state index in [2.05, 4.69) is 6.07 Å². The van der Waals surface area contributed by atoms with Gasteiger partial charge in [-0.3, -0.25) is 0 Å². The average Bonchev–Trinajstić information content (AvgIpc) is 2.36. The van der Waals surface area contributed by atoms with Crippen LogP contribution in [0.25, 0.3) is 0 Å². The lowest BCUT2D eigenvalue weighted by molar-refractivity contribution is 0.166. The highest BCUT2D eigenvalue weighted by Gasteiger charge is 2.19. The Labute approximate surface area is 108 Å². The third-order valence-corrected chi connectivity index (χ3v) is 3.18. The molecule has 0 amide bonds. The average molecular weight is 252 g/mol. The van der Waals surface area contributed by atoms with E-state index in [1.165, 1.54) is 0 Å². The van der Waals surface area contributed by atoms with Gasteiger partial charge in [-0.1, -0.05) is 24.3 Å². The zero-order chi connectivity index (χ0) is 12.9. The van der Waals surface area contributed by atoms with Gasteiger partial charge >= 0.3 is 0 Å². The first-order chi connectivity index (χ1) is 8.01. The number of hydrogen-bond donors (Lipinski definition) is 1. The molecule has 0 bridgehead atoms. The van der Waals surface area contributed by atoms with Crippen LogP contribution in [-0.4, -0.2) is 11.0 Å². The van der Waals surface area contributed by atoms with Gasteiger partial charge in [0.2, 0.25) is 0 Å². The van der Waals surface area contributed by atoms with Crippen LogP contribution in [0, 0.1) is 11.3 Å². The second-order valence-corrected chi connectivity index (χ2v) is 5.08. The Bertz CT molecular complexity index is 392. The quantitative estimate of drug-likeness (QED) is 0.814. The van der Waals surface area contributed by atoms with Crippen molar-refractivity contribution in [3.8, 4) is 6.07 Å². The van der Waals surface area contributed by atoms with E-state index in [0.717, 1.165) is 17.5 Å². The fourth-order valence-electron chi connectivity index (χ4n) is 1.62. The van der Waals surface area contributed by atoms with E-state index in [-0.39, 0.29) is 0 Å². The maximum absolute atomic E-state index is 9.88. The predicted molar refractivity (Wildman–Crippen MR) is 70.0 cm³/mol. The molecule has 0 aliphatic rings. The van der Waals surface area contributed by atoms with Crippen LogP contribution in [0.15, 0.2) is 24.3 Å². The Balaban J connectivity index is 2.78. The summed E-state index contributed by atoms with van der Waals surface area (Å²) in [6.45, 7) is 3.76. The molecule has 0 saturated heterocycles. The highest BCUT2D eigenvalue weighted by atomic mass is 35.5. The third kappa shape index (κ3) is 3.73. The normalized spacial score (nSPS) is 13.1. The molecule has 1 aromatic rings. The highest BCUT2D eigenvalue weighted by molar-refractivity contribution is 6.17. The topological polar surface area (TPSA) is 44.0 Å². The second-order valence-electron chi connectivity index (χ2n) is 4.71. The van der Waals surface area contributed by atoms with Crippen LogP contribution in [0.1, 0.15) is 43.9 Å². The Hall–Kier alpha value is -1.04. The van der Waals surface area contributed by atoms with Crippen molar-refractivity contribution in [1.29, 1.82) is 5.26 Å². The number of aliphatic hydroxyl groups is 1. The lowest BCUT2D eigenvalue weighted by Gasteiger charge is -2.17. The number of aliphatic hydroxyl groups excluding tert-OH is 1. The molecule has 92 valence electrons. The Morgan fingerprint density at radius 1 is 1.35 bits per heavy atom. The number of rotatable bonds is 5. The molecule has 3 heteroatoms. The monoisotopic (exact) mass is 251 g/mol. The highest BCUT2D eigenvalue weighted by Crippen LogP contribution is 2.25. The summed E-state index contributed by atoms with van der Waals surface area (Å²) in [5, 5.41) is 18.9. The summed E-state index contributed by atoms with van der Waals surface area (Å²) in [5.74, 6) is 0.566. The van der Waals surface area contributed by atoms with Crippen molar-refractivity contribution in [1.82, 2.24) is 0 Å². The molecule has 0 saturated carbocycles. The predicted octanol–water partition coefficient (Wildman–Crippen LogP) is 3.54. The first kappa shape index (κ1) is 14.0. The van der Waals surface area contributed by atoms with Gasteiger partial charge < -0.3 is 5.11 Å². The van der Waals surface area contributed by atoms with Gasteiger partial charge in [0, 0.05) is 5.88 Å². The van der Waals surface area contributed by atoms with Gasteiger partial charge in [-0.05, 0) is 37.8 Å². The van der Waals surface area contributed by atoms with Crippen LogP contribution in [0.2, 0.25) is 0 Å². The minimum Gasteiger partial charge on any atom is -0.388 e. The second kappa shape index (κ2) is 6.05. The molecular formula is C14H18ClNO. The largest absolute Gasteiger partial charge is 0.388 e. The molecule has 1 rings (SSSR count). The van der Waals surface area contributed by atoms with Gasteiger partial charge in [-0.15, -0.1) is 11.6 Å². The number of nitrogens with zero attached hydrogens (tertiary/aromatic N) is 1. The van der Waals surface area contributed by atoms with Gasteiger partial charge in [0.1, 0.15) is 0 Å². The van der Waals surface area contributed by atoms with Gasteiger partial charge in [0.05, 0.1) is 17.6 Å². The SMILES string of the molecule is CC(C)(C#N)c1ccc([C@@H](O)CCCCl)cc1. The van der Waals surface area contributed by atoms with Crippen molar-refractivity contribution in [2.24, 2.45) is 0 Å². The van der Waals surface area contributed by atoms with E-state index < -0.39 is 11.5 Å². The van der Waals surface area contributed by atoms with Crippen LogP contribution in [-0.2, 0) is 5.41 Å². The minimum atomic E-state index is -0.486. The molecule has 1 N–H and O–H groups in total. The molecule has 0 aliphatic heterocycles. The van der Waals surface area contributed by atoms with Crippen molar-refractivity contribution < 1.29 is 5.11 Å². The summed E-state index contributed by atoms with van der Waals surface area (Å²) in [5.41, 5.74) is 1.36. The zero-order valence-corrected chi connectivity index (χ0v) is 11.0. The van der Waals surface area contributed by atoms with E-state index in [1.54, 1.807) is 0 Å². The molecule has 0 aromatic heterocycles. The summed E-state index contributed by atoms with van der Waals surface area (Å²) < 4.78 is 0. The lowest BCUT2D eigenvalue weighted by Crippen LogP contribution is -2.13. The number of alkyl halides is 1. The number of halogens is 1. The van der Waals surface area contributed by atoms with Gasteiger partial charge in [-0.2, -0.15) is 5.26 Å².